The van der Waals surface area contributed by atoms with Gasteiger partial charge in [-0.3, -0.25) is 0 Å². The maximum absolute atomic E-state index is 4.63. The summed E-state index contributed by atoms with van der Waals surface area (Å²) in [5, 5.41) is 6.74. The van der Waals surface area contributed by atoms with E-state index < -0.39 is 0 Å². The van der Waals surface area contributed by atoms with Crippen molar-refractivity contribution >= 4 is 18.4 Å². The van der Waals surface area contributed by atoms with Crippen molar-refractivity contribution in [1.29, 1.82) is 0 Å². The van der Waals surface area contributed by atoms with E-state index in [9.17, 15) is 0 Å². The summed E-state index contributed by atoms with van der Waals surface area (Å²) in [6.45, 7) is 2.22. The van der Waals surface area contributed by atoms with E-state index >= 15 is 0 Å². The second-order valence-electron chi connectivity index (χ2n) is 4.75. The molecule has 0 spiro atoms. The van der Waals surface area contributed by atoms with Gasteiger partial charge in [0, 0.05) is 23.9 Å². The van der Waals surface area contributed by atoms with Crippen LogP contribution in [-0.4, -0.2) is 29.1 Å². The zero-order chi connectivity index (χ0) is 10.8. The van der Waals surface area contributed by atoms with Gasteiger partial charge in [0.2, 0.25) is 5.95 Å². The van der Waals surface area contributed by atoms with Crippen LogP contribution in [-0.2, 0) is 0 Å². The first kappa shape index (κ1) is 12.6. The molecule has 0 amide bonds. The Bertz CT molecular complexity index is 361. The molecule has 0 atom stereocenters. The van der Waals surface area contributed by atoms with Gasteiger partial charge in [0.15, 0.2) is 0 Å². The number of piperidine rings is 1. The summed E-state index contributed by atoms with van der Waals surface area (Å²) in [6, 6.07) is 2.69. The number of hydrogen-bond donors (Lipinski definition) is 2. The van der Waals surface area contributed by atoms with Gasteiger partial charge in [0.25, 0.3) is 0 Å². The number of rotatable bonds is 3. The predicted molar refractivity (Wildman–Crippen MR) is 70.8 cm³/mol. The smallest absolute Gasteiger partial charge is 0.223 e. The fourth-order valence-corrected chi connectivity index (χ4v) is 2.20. The van der Waals surface area contributed by atoms with Crippen molar-refractivity contribution in [2.24, 2.45) is 0 Å². The summed E-state index contributed by atoms with van der Waals surface area (Å²) in [7, 11) is 0. The number of anilines is 1. The minimum Gasteiger partial charge on any atom is -0.351 e. The molecule has 2 fully saturated rings. The molecule has 4 nitrogen and oxygen atoms in total. The van der Waals surface area contributed by atoms with Crippen LogP contribution < -0.4 is 10.6 Å². The quantitative estimate of drug-likeness (QED) is 0.866. The molecule has 3 rings (SSSR count). The Balaban J connectivity index is 0.00000108. The summed E-state index contributed by atoms with van der Waals surface area (Å²) in [4.78, 5) is 8.90. The molecule has 0 aromatic carbocycles. The van der Waals surface area contributed by atoms with Gasteiger partial charge < -0.3 is 10.6 Å². The third-order valence-corrected chi connectivity index (χ3v) is 3.35. The first-order chi connectivity index (χ1) is 7.92. The summed E-state index contributed by atoms with van der Waals surface area (Å²) >= 11 is 0. The topological polar surface area (TPSA) is 49.8 Å². The monoisotopic (exact) mass is 254 g/mol. The largest absolute Gasteiger partial charge is 0.351 e. The van der Waals surface area contributed by atoms with Crippen LogP contribution in [0.1, 0.15) is 37.3 Å². The fourth-order valence-electron chi connectivity index (χ4n) is 2.20. The number of hydrogen-bond acceptors (Lipinski definition) is 4. The standard InChI is InChI=1S/C12H18N4.ClH/c1-2-10(1)15-12-14-8-5-11(16-12)9-3-6-13-7-4-9;/h5,8-10,13H,1-4,6-7H2,(H,14,15,16);1H. The molecule has 0 radical (unpaired) electrons. The molecule has 1 aromatic rings. The van der Waals surface area contributed by atoms with Gasteiger partial charge in [-0.05, 0) is 44.8 Å². The molecule has 2 N–H and O–H groups in total. The third kappa shape index (κ3) is 3.30. The molecule has 0 unspecified atom stereocenters. The van der Waals surface area contributed by atoms with Crippen LogP contribution in [0.5, 0.6) is 0 Å². The van der Waals surface area contributed by atoms with Gasteiger partial charge in [-0.1, -0.05) is 0 Å². The molecular formula is C12H19ClN4. The highest BCUT2D eigenvalue weighted by molar-refractivity contribution is 5.85. The van der Waals surface area contributed by atoms with Crippen LogP contribution >= 0.6 is 12.4 Å². The van der Waals surface area contributed by atoms with Crippen LogP contribution in [0, 0.1) is 0 Å². The summed E-state index contributed by atoms with van der Waals surface area (Å²) in [5.74, 6) is 1.43. The summed E-state index contributed by atoms with van der Waals surface area (Å²) in [6.07, 6.45) is 6.80. The minimum absolute atomic E-state index is 0. The second kappa shape index (κ2) is 5.65. The average molecular weight is 255 g/mol. The van der Waals surface area contributed by atoms with Gasteiger partial charge in [0.1, 0.15) is 0 Å². The molecule has 2 aliphatic rings. The van der Waals surface area contributed by atoms with Crippen LogP contribution in [0.3, 0.4) is 0 Å². The summed E-state index contributed by atoms with van der Waals surface area (Å²) < 4.78 is 0. The highest BCUT2D eigenvalue weighted by Gasteiger charge is 2.22. The maximum Gasteiger partial charge on any atom is 0.223 e. The zero-order valence-corrected chi connectivity index (χ0v) is 10.7. The number of nitrogens with zero attached hydrogens (tertiary/aromatic N) is 2. The lowest BCUT2D eigenvalue weighted by Gasteiger charge is -2.22. The highest BCUT2D eigenvalue weighted by atomic mass is 35.5. The van der Waals surface area contributed by atoms with E-state index in [4.69, 9.17) is 0 Å². The van der Waals surface area contributed by atoms with Gasteiger partial charge >= 0.3 is 0 Å². The second-order valence-corrected chi connectivity index (χ2v) is 4.75. The van der Waals surface area contributed by atoms with Crippen LogP contribution in [0.15, 0.2) is 12.3 Å². The van der Waals surface area contributed by atoms with E-state index in [1.165, 1.54) is 31.4 Å². The molecule has 1 aromatic heterocycles. The lowest BCUT2D eigenvalue weighted by molar-refractivity contribution is 0.453. The first-order valence-corrected chi connectivity index (χ1v) is 6.22. The lowest BCUT2D eigenvalue weighted by atomic mass is 9.94. The van der Waals surface area contributed by atoms with Crippen LogP contribution in [0.25, 0.3) is 0 Å². The minimum atomic E-state index is 0. The molecule has 0 bridgehead atoms. The van der Waals surface area contributed by atoms with Crippen molar-refractivity contribution < 1.29 is 0 Å². The SMILES string of the molecule is Cl.c1cc(C2CCNCC2)nc(NC2CC2)n1. The normalized spacial score (nSPS) is 20.7. The van der Waals surface area contributed by atoms with E-state index in [0.717, 1.165) is 19.0 Å². The Hall–Kier alpha value is -0.870. The number of aromatic nitrogens is 2. The molecule has 1 aliphatic carbocycles. The van der Waals surface area contributed by atoms with Crippen molar-refractivity contribution in [3.8, 4) is 0 Å². The van der Waals surface area contributed by atoms with Crippen molar-refractivity contribution in [2.75, 3.05) is 18.4 Å². The van der Waals surface area contributed by atoms with Crippen LogP contribution in [0.2, 0.25) is 0 Å². The Morgan fingerprint density at radius 1 is 1.18 bits per heavy atom. The Morgan fingerprint density at radius 3 is 2.65 bits per heavy atom. The fraction of sp³-hybridized carbons (Fsp3) is 0.667. The average Bonchev–Trinajstić information content (AvgIpc) is 3.15. The van der Waals surface area contributed by atoms with Gasteiger partial charge in [-0.15, -0.1) is 12.4 Å². The maximum atomic E-state index is 4.63. The Labute approximate surface area is 108 Å². The molecule has 94 valence electrons. The van der Waals surface area contributed by atoms with E-state index in [1.807, 2.05) is 6.20 Å². The van der Waals surface area contributed by atoms with Crippen molar-refractivity contribution in [1.82, 2.24) is 15.3 Å². The lowest BCUT2D eigenvalue weighted by Crippen LogP contribution is -2.27. The Kier molecular flexibility index (Phi) is 4.18. The zero-order valence-electron chi connectivity index (χ0n) is 9.85. The number of halogens is 1. The molecule has 1 saturated carbocycles. The Morgan fingerprint density at radius 2 is 1.94 bits per heavy atom. The number of nitrogens with one attached hydrogen (secondary N) is 2. The van der Waals surface area contributed by atoms with Gasteiger partial charge in [0.05, 0.1) is 0 Å². The summed E-state index contributed by atoms with van der Waals surface area (Å²) in [5.41, 5.74) is 1.21. The van der Waals surface area contributed by atoms with Crippen molar-refractivity contribution in [3.05, 3.63) is 18.0 Å². The van der Waals surface area contributed by atoms with Crippen molar-refractivity contribution in [2.45, 2.75) is 37.6 Å². The molecular weight excluding hydrogens is 236 g/mol. The van der Waals surface area contributed by atoms with Gasteiger partial charge in [-0.2, -0.15) is 0 Å². The van der Waals surface area contributed by atoms with Gasteiger partial charge in [-0.25, -0.2) is 9.97 Å². The molecule has 17 heavy (non-hydrogen) atoms. The van der Waals surface area contributed by atoms with Crippen molar-refractivity contribution in [3.63, 3.8) is 0 Å². The highest BCUT2D eigenvalue weighted by Crippen LogP contribution is 2.26. The van der Waals surface area contributed by atoms with E-state index in [2.05, 4.69) is 26.7 Å². The molecule has 2 heterocycles. The first-order valence-electron chi connectivity index (χ1n) is 6.22. The predicted octanol–water partition coefficient (Wildman–Crippen LogP) is 1.94. The van der Waals surface area contributed by atoms with E-state index in [-0.39, 0.29) is 12.4 Å². The van der Waals surface area contributed by atoms with E-state index in [1.54, 1.807) is 0 Å². The third-order valence-electron chi connectivity index (χ3n) is 3.35. The van der Waals surface area contributed by atoms with E-state index in [0.29, 0.717) is 12.0 Å². The molecule has 5 heteroatoms. The molecule has 1 saturated heterocycles. The van der Waals surface area contributed by atoms with Crippen LogP contribution in [0.4, 0.5) is 5.95 Å². The molecule has 1 aliphatic heterocycles.